The van der Waals surface area contributed by atoms with Gasteiger partial charge < -0.3 is 19.9 Å². The molecule has 0 unspecified atom stereocenters. The molecule has 2 amide bonds. The van der Waals surface area contributed by atoms with Crippen molar-refractivity contribution in [1.29, 1.82) is 0 Å². The molecule has 0 saturated carbocycles. The molecule has 1 atom stereocenters. The van der Waals surface area contributed by atoms with Crippen molar-refractivity contribution in [3.63, 3.8) is 0 Å². The van der Waals surface area contributed by atoms with Crippen LogP contribution < -0.4 is 5.32 Å². The van der Waals surface area contributed by atoms with Crippen LogP contribution in [0.25, 0.3) is 0 Å². The van der Waals surface area contributed by atoms with Crippen molar-refractivity contribution in [2.45, 2.75) is 50.7 Å². The largest absolute Gasteiger partial charge is 0.381 e. The summed E-state index contributed by atoms with van der Waals surface area (Å²) in [5.41, 5.74) is 3.35. The summed E-state index contributed by atoms with van der Waals surface area (Å²) >= 11 is 0. The van der Waals surface area contributed by atoms with Crippen molar-refractivity contribution in [1.82, 2.24) is 19.8 Å². The number of urea groups is 1. The van der Waals surface area contributed by atoms with Gasteiger partial charge in [-0.3, -0.25) is 0 Å². The van der Waals surface area contributed by atoms with Crippen molar-refractivity contribution in [3.05, 3.63) is 53.3 Å². The summed E-state index contributed by atoms with van der Waals surface area (Å²) in [5.74, 6) is 0.665. The number of aromatic nitrogens is 2. The molecule has 30 heavy (non-hydrogen) atoms. The smallest absolute Gasteiger partial charge is 0.320 e. The van der Waals surface area contributed by atoms with E-state index in [1.165, 1.54) is 5.56 Å². The van der Waals surface area contributed by atoms with Gasteiger partial charge in [0.2, 0.25) is 5.95 Å². The molecule has 5 rings (SSSR count). The Morgan fingerprint density at radius 3 is 2.77 bits per heavy atom. The zero-order valence-corrected chi connectivity index (χ0v) is 17.3. The highest BCUT2D eigenvalue weighted by Gasteiger charge is 2.34. The Morgan fingerprint density at radius 2 is 1.93 bits per heavy atom. The number of anilines is 1. The van der Waals surface area contributed by atoms with Crippen LogP contribution in [0.15, 0.2) is 36.5 Å². The van der Waals surface area contributed by atoms with Gasteiger partial charge in [0, 0.05) is 38.5 Å². The van der Waals surface area contributed by atoms with Crippen molar-refractivity contribution in [2.24, 2.45) is 0 Å². The number of carbonyl (C=O) groups excluding carboxylic acids is 1. The molecule has 0 aliphatic carbocycles. The predicted molar refractivity (Wildman–Crippen MR) is 114 cm³/mol. The SMILES string of the molecule is O=C(N1CCc2cnc(NC3CCOCC3)nc2C1)N1CCC[C@@H]1c1ccccc1. The second-order valence-corrected chi connectivity index (χ2v) is 8.41. The molecule has 0 spiro atoms. The number of ether oxygens (including phenoxy) is 1. The highest BCUT2D eigenvalue weighted by Crippen LogP contribution is 2.33. The number of carbonyl (C=O) groups is 1. The summed E-state index contributed by atoms with van der Waals surface area (Å²) in [6.45, 7) is 3.66. The fraction of sp³-hybridized carbons (Fsp3) is 0.522. The zero-order valence-electron chi connectivity index (χ0n) is 17.3. The second-order valence-electron chi connectivity index (χ2n) is 8.41. The van der Waals surface area contributed by atoms with Gasteiger partial charge in [-0.2, -0.15) is 0 Å². The van der Waals surface area contributed by atoms with Crippen LogP contribution in [-0.4, -0.2) is 58.1 Å². The standard InChI is InChI=1S/C23H29N5O2/c29-23(28-11-4-7-21(28)17-5-2-1-3-6-17)27-12-8-18-15-24-22(26-20(18)16-27)25-19-9-13-30-14-10-19/h1-3,5-6,15,19,21H,4,7-14,16H2,(H,24,25,26)/t21-/m1/s1. The van der Waals surface area contributed by atoms with E-state index in [2.05, 4.69) is 34.6 Å². The number of nitrogens with one attached hydrogen (secondary N) is 1. The van der Waals surface area contributed by atoms with Gasteiger partial charge in [-0.15, -0.1) is 0 Å². The van der Waals surface area contributed by atoms with Crippen LogP contribution in [0.4, 0.5) is 10.7 Å². The number of likely N-dealkylation sites (tertiary alicyclic amines) is 1. The Kier molecular flexibility index (Phi) is 5.53. The summed E-state index contributed by atoms with van der Waals surface area (Å²) in [4.78, 5) is 26.6. The number of hydrogen-bond donors (Lipinski definition) is 1. The normalized spacial score (nSPS) is 22.1. The van der Waals surface area contributed by atoms with Gasteiger partial charge in [0.05, 0.1) is 18.3 Å². The first kappa shape index (κ1) is 19.3. The Labute approximate surface area is 177 Å². The molecule has 2 fully saturated rings. The number of nitrogens with zero attached hydrogens (tertiary/aromatic N) is 4. The van der Waals surface area contributed by atoms with Gasteiger partial charge in [0.25, 0.3) is 0 Å². The van der Waals surface area contributed by atoms with Crippen LogP contribution in [-0.2, 0) is 17.7 Å². The van der Waals surface area contributed by atoms with Gasteiger partial charge in [0.1, 0.15) is 0 Å². The third-order valence-corrected chi connectivity index (χ3v) is 6.45. The van der Waals surface area contributed by atoms with Crippen LogP contribution in [0, 0.1) is 0 Å². The first-order valence-electron chi connectivity index (χ1n) is 11.1. The van der Waals surface area contributed by atoms with E-state index in [0.717, 1.165) is 69.7 Å². The third-order valence-electron chi connectivity index (χ3n) is 6.45. The molecule has 3 aliphatic rings. The fourth-order valence-corrected chi connectivity index (χ4v) is 4.76. The number of hydrogen-bond acceptors (Lipinski definition) is 5. The summed E-state index contributed by atoms with van der Waals surface area (Å²) in [7, 11) is 0. The number of amides is 2. The lowest BCUT2D eigenvalue weighted by Gasteiger charge is -2.34. The molecule has 158 valence electrons. The zero-order chi connectivity index (χ0) is 20.3. The second kappa shape index (κ2) is 8.60. The number of benzene rings is 1. The third kappa shape index (κ3) is 3.99. The van der Waals surface area contributed by atoms with Crippen molar-refractivity contribution >= 4 is 12.0 Å². The van der Waals surface area contributed by atoms with E-state index in [4.69, 9.17) is 9.72 Å². The van der Waals surface area contributed by atoms with Crippen LogP contribution in [0.2, 0.25) is 0 Å². The van der Waals surface area contributed by atoms with Gasteiger partial charge >= 0.3 is 6.03 Å². The lowest BCUT2D eigenvalue weighted by molar-refractivity contribution is 0.0903. The Balaban J connectivity index is 1.28. The minimum Gasteiger partial charge on any atom is -0.381 e. The first-order chi connectivity index (χ1) is 14.8. The molecular formula is C23H29N5O2. The Morgan fingerprint density at radius 1 is 1.10 bits per heavy atom. The molecule has 1 N–H and O–H groups in total. The maximum Gasteiger partial charge on any atom is 0.320 e. The Bertz CT molecular complexity index is 884. The minimum atomic E-state index is 0.129. The number of fused-ring (bicyclic) bond motifs is 1. The summed E-state index contributed by atoms with van der Waals surface area (Å²) in [6, 6.07) is 11.1. The van der Waals surface area contributed by atoms with E-state index in [9.17, 15) is 4.79 Å². The molecule has 2 saturated heterocycles. The van der Waals surface area contributed by atoms with Crippen LogP contribution in [0.1, 0.15) is 48.5 Å². The van der Waals surface area contributed by atoms with Crippen LogP contribution >= 0.6 is 0 Å². The average molecular weight is 408 g/mol. The summed E-state index contributed by atoms with van der Waals surface area (Å²) in [5, 5.41) is 3.44. The number of rotatable bonds is 3. The molecule has 4 heterocycles. The highest BCUT2D eigenvalue weighted by molar-refractivity contribution is 5.75. The maximum absolute atomic E-state index is 13.4. The van der Waals surface area contributed by atoms with E-state index < -0.39 is 0 Å². The molecule has 1 aromatic carbocycles. The van der Waals surface area contributed by atoms with Gasteiger partial charge in [-0.05, 0) is 43.2 Å². The van der Waals surface area contributed by atoms with Gasteiger partial charge in [-0.25, -0.2) is 14.8 Å². The molecule has 1 aromatic heterocycles. The maximum atomic E-state index is 13.4. The fourth-order valence-electron chi connectivity index (χ4n) is 4.76. The molecule has 3 aliphatic heterocycles. The molecule has 7 nitrogen and oxygen atoms in total. The van der Waals surface area contributed by atoms with Gasteiger partial charge in [0.15, 0.2) is 0 Å². The molecule has 0 bridgehead atoms. The van der Waals surface area contributed by atoms with E-state index >= 15 is 0 Å². The van der Waals surface area contributed by atoms with E-state index in [1.54, 1.807) is 0 Å². The summed E-state index contributed by atoms with van der Waals surface area (Å²) < 4.78 is 5.43. The van der Waals surface area contributed by atoms with E-state index in [0.29, 0.717) is 18.5 Å². The van der Waals surface area contributed by atoms with Crippen molar-refractivity contribution in [2.75, 3.05) is 31.6 Å². The lowest BCUT2D eigenvalue weighted by atomic mass is 10.0. The predicted octanol–water partition coefficient (Wildman–Crippen LogP) is 3.38. The average Bonchev–Trinajstić information content (AvgIpc) is 3.29. The molecule has 7 heteroatoms. The highest BCUT2D eigenvalue weighted by atomic mass is 16.5. The molecule has 2 aromatic rings. The van der Waals surface area contributed by atoms with Crippen molar-refractivity contribution < 1.29 is 9.53 Å². The minimum absolute atomic E-state index is 0.129. The van der Waals surface area contributed by atoms with Crippen LogP contribution in [0.5, 0.6) is 0 Å². The van der Waals surface area contributed by atoms with Crippen LogP contribution in [0.3, 0.4) is 0 Å². The molecular weight excluding hydrogens is 378 g/mol. The van der Waals surface area contributed by atoms with Crippen molar-refractivity contribution in [3.8, 4) is 0 Å². The lowest BCUT2D eigenvalue weighted by Crippen LogP contribution is -2.45. The van der Waals surface area contributed by atoms with E-state index in [1.807, 2.05) is 22.1 Å². The van der Waals surface area contributed by atoms with Gasteiger partial charge in [-0.1, -0.05) is 30.3 Å². The quantitative estimate of drug-likeness (QED) is 0.845. The van der Waals surface area contributed by atoms with E-state index in [-0.39, 0.29) is 12.1 Å². The Hall–Kier alpha value is -2.67. The monoisotopic (exact) mass is 407 g/mol. The summed E-state index contributed by atoms with van der Waals surface area (Å²) in [6.07, 6.45) is 6.76. The topological polar surface area (TPSA) is 70.6 Å². The first-order valence-corrected chi connectivity index (χ1v) is 11.1. The molecule has 0 radical (unpaired) electrons.